The molecule has 0 N–H and O–H groups in total. The molecule has 0 bridgehead atoms. The summed E-state index contributed by atoms with van der Waals surface area (Å²) in [6.07, 6.45) is 1.49. The van der Waals surface area contributed by atoms with Crippen molar-refractivity contribution in [3.63, 3.8) is 0 Å². The fourth-order valence-corrected chi connectivity index (χ4v) is 1.59. The van der Waals surface area contributed by atoms with E-state index in [0.717, 1.165) is 5.56 Å². The quantitative estimate of drug-likeness (QED) is 0.604. The van der Waals surface area contributed by atoms with Gasteiger partial charge in [-0.05, 0) is 13.0 Å². The van der Waals surface area contributed by atoms with E-state index in [1.54, 1.807) is 6.92 Å². The minimum Gasteiger partial charge on any atom is -0.465 e. The van der Waals surface area contributed by atoms with Crippen LogP contribution in [-0.2, 0) is 14.3 Å². The molecule has 1 amide bonds. The molecular formula is C13H12N2O3. The van der Waals surface area contributed by atoms with E-state index in [1.165, 1.54) is 6.08 Å². The van der Waals surface area contributed by atoms with E-state index in [2.05, 4.69) is 10.2 Å². The van der Waals surface area contributed by atoms with E-state index >= 15 is 0 Å². The van der Waals surface area contributed by atoms with Crippen molar-refractivity contribution >= 4 is 17.6 Å². The molecule has 2 rings (SSSR count). The van der Waals surface area contributed by atoms with Gasteiger partial charge in [0.15, 0.2) is 5.92 Å². The lowest BCUT2D eigenvalue weighted by Crippen LogP contribution is -2.24. The Kier molecular flexibility index (Phi) is 3.62. The zero-order chi connectivity index (χ0) is 13.0. The SMILES string of the molecule is CCOC(=O)C1C=C(c2ccccc2)N=NC1=O. The van der Waals surface area contributed by atoms with Gasteiger partial charge in [-0.3, -0.25) is 9.59 Å². The minimum atomic E-state index is -0.988. The van der Waals surface area contributed by atoms with Gasteiger partial charge < -0.3 is 4.74 Å². The lowest BCUT2D eigenvalue weighted by atomic mass is 10.0. The molecule has 1 aromatic carbocycles. The highest BCUT2D eigenvalue weighted by molar-refractivity contribution is 6.02. The largest absolute Gasteiger partial charge is 0.465 e. The summed E-state index contributed by atoms with van der Waals surface area (Å²) in [5.41, 5.74) is 1.32. The summed E-state index contributed by atoms with van der Waals surface area (Å²) in [5, 5.41) is 7.29. The number of carbonyl (C=O) groups is 2. The number of ether oxygens (including phenoxy) is 1. The highest BCUT2D eigenvalue weighted by atomic mass is 16.5. The van der Waals surface area contributed by atoms with Gasteiger partial charge >= 0.3 is 5.97 Å². The third kappa shape index (κ3) is 2.51. The van der Waals surface area contributed by atoms with Crippen molar-refractivity contribution in [1.29, 1.82) is 0 Å². The van der Waals surface area contributed by atoms with Crippen LogP contribution in [-0.4, -0.2) is 18.5 Å². The molecule has 18 heavy (non-hydrogen) atoms. The maximum atomic E-state index is 11.6. The summed E-state index contributed by atoms with van der Waals surface area (Å²) in [6.45, 7) is 1.92. The number of esters is 1. The fraction of sp³-hybridized carbons (Fsp3) is 0.231. The first-order valence-electron chi connectivity index (χ1n) is 5.62. The van der Waals surface area contributed by atoms with Crippen LogP contribution in [0.25, 0.3) is 5.70 Å². The van der Waals surface area contributed by atoms with Gasteiger partial charge in [-0.1, -0.05) is 30.3 Å². The van der Waals surface area contributed by atoms with Crippen LogP contribution in [0.3, 0.4) is 0 Å². The van der Waals surface area contributed by atoms with Crippen molar-refractivity contribution in [3.05, 3.63) is 42.0 Å². The predicted molar refractivity (Wildman–Crippen MR) is 64.4 cm³/mol. The number of carbonyl (C=O) groups excluding carboxylic acids is 2. The van der Waals surface area contributed by atoms with Gasteiger partial charge in [0.1, 0.15) is 0 Å². The fourth-order valence-electron chi connectivity index (χ4n) is 1.59. The Morgan fingerprint density at radius 2 is 2.00 bits per heavy atom. The normalized spacial score (nSPS) is 18.4. The van der Waals surface area contributed by atoms with E-state index in [4.69, 9.17) is 4.74 Å². The lowest BCUT2D eigenvalue weighted by molar-refractivity contribution is -0.149. The third-order valence-electron chi connectivity index (χ3n) is 2.46. The first-order valence-corrected chi connectivity index (χ1v) is 5.62. The number of amides is 1. The molecule has 5 heteroatoms. The zero-order valence-electron chi connectivity index (χ0n) is 9.87. The standard InChI is InChI=1S/C13H12N2O3/c1-2-18-13(17)10-8-11(14-15-12(10)16)9-6-4-3-5-7-9/h3-8,10H,2H2,1H3. The molecule has 0 fully saturated rings. The van der Waals surface area contributed by atoms with E-state index in [-0.39, 0.29) is 6.61 Å². The molecule has 0 spiro atoms. The smallest absolute Gasteiger partial charge is 0.322 e. The van der Waals surface area contributed by atoms with Crippen LogP contribution in [0.5, 0.6) is 0 Å². The number of benzene rings is 1. The molecule has 1 aromatic rings. The molecule has 0 aromatic heterocycles. The Bertz CT molecular complexity index is 520. The van der Waals surface area contributed by atoms with E-state index in [0.29, 0.717) is 5.70 Å². The van der Waals surface area contributed by atoms with Crippen LogP contribution >= 0.6 is 0 Å². The predicted octanol–water partition coefficient (Wildman–Crippen LogP) is 2.20. The van der Waals surface area contributed by atoms with Crippen LogP contribution < -0.4 is 0 Å². The molecule has 1 unspecified atom stereocenters. The minimum absolute atomic E-state index is 0.230. The summed E-state index contributed by atoms with van der Waals surface area (Å²) in [4.78, 5) is 23.1. The van der Waals surface area contributed by atoms with E-state index < -0.39 is 17.8 Å². The molecule has 92 valence electrons. The van der Waals surface area contributed by atoms with E-state index in [1.807, 2.05) is 30.3 Å². The average Bonchev–Trinajstić information content (AvgIpc) is 2.40. The molecule has 1 atom stereocenters. The van der Waals surface area contributed by atoms with Gasteiger partial charge in [0.2, 0.25) is 0 Å². The Morgan fingerprint density at radius 3 is 2.67 bits per heavy atom. The summed E-state index contributed by atoms with van der Waals surface area (Å²) in [6, 6.07) is 9.24. The molecule has 0 saturated carbocycles. The molecule has 1 aliphatic rings. The summed E-state index contributed by atoms with van der Waals surface area (Å²) >= 11 is 0. The molecule has 0 aliphatic carbocycles. The Morgan fingerprint density at radius 1 is 1.28 bits per heavy atom. The Balaban J connectivity index is 2.28. The third-order valence-corrected chi connectivity index (χ3v) is 2.46. The van der Waals surface area contributed by atoms with Crippen LogP contribution in [0.1, 0.15) is 12.5 Å². The topological polar surface area (TPSA) is 68.1 Å². The zero-order valence-corrected chi connectivity index (χ0v) is 9.87. The molecule has 5 nitrogen and oxygen atoms in total. The number of hydrogen-bond acceptors (Lipinski definition) is 4. The van der Waals surface area contributed by atoms with Crippen molar-refractivity contribution in [2.75, 3.05) is 6.61 Å². The highest BCUT2D eigenvalue weighted by Gasteiger charge is 2.29. The monoisotopic (exact) mass is 244 g/mol. The van der Waals surface area contributed by atoms with Crippen LogP contribution in [0.15, 0.2) is 46.6 Å². The van der Waals surface area contributed by atoms with Gasteiger partial charge in [0.25, 0.3) is 5.91 Å². The van der Waals surface area contributed by atoms with E-state index in [9.17, 15) is 9.59 Å². The number of rotatable bonds is 3. The molecule has 0 radical (unpaired) electrons. The second kappa shape index (κ2) is 5.35. The van der Waals surface area contributed by atoms with Crippen molar-refractivity contribution < 1.29 is 14.3 Å². The van der Waals surface area contributed by atoms with Gasteiger partial charge in [-0.15, -0.1) is 10.2 Å². The summed E-state index contributed by atoms with van der Waals surface area (Å²) in [7, 11) is 0. The van der Waals surface area contributed by atoms with Crippen LogP contribution in [0.2, 0.25) is 0 Å². The first-order chi connectivity index (χ1) is 8.72. The van der Waals surface area contributed by atoms with Gasteiger partial charge in [0, 0.05) is 5.56 Å². The Hall–Kier alpha value is -2.30. The lowest BCUT2D eigenvalue weighted by Gasteiger charge is -2.12. The van der Waals surface area contributed by atoms with Crippen molar-refractivity contribution in [1.82, 2.24) is 0 Å². The average molecular weight is 244 g/mol. The van der Waals surface area contributed by atoms with Crippen molar-refractivity contribution in [3.8, 4) is 0 Å². The van der Waals surface area contributed by atoms with Crippen LogP contribution in [0.4, 0.5) is 0 Å². The molecule has 1 heterocycles. The van der Waals surface area contributed by atoms with Crippen molar-refractivity contribution in [2.24, 2.45) is 16.1 Å². The van der Waals surface area contributed by atoms with Gasteiger partial charge in [0.05, 0.1) is 12.3 Å². The van der Waals surface area contributed by atoms with Crippen molar-refractivity contribution in [2.45, 2.75) is 6.92 Å². The van der Waals surface area contributed by atoms with Crippen LogP contribution in [0, 0.1) is 5.92 Å². The number of hydrogen-bond donors (Lipinski definition) is 0. The first kappa shape index (κ1) is 12.2. The second-order valence-corrected chi connectivity index (χ2v) is 3.69. The molecular weight excluding hydrogens is 232 g/mol. The highest BCUT2D eigenvalue weighted by Crippen LogP contribution is 2.24. The molecule has 1 aliphatic heterocycles. The summed E-state index contributed by atoms with van der Waals surface area (Å²) in [5.74, 6) is -2.17. The number of azo groups is 1. The molecule has 0 saturated heterocycles. The van der Waals surface area contributed by atoms with Gasteiger partial charge in [-0.25, -0.2) is 0 Å². The summed E-state index contributed by atoms with van der Waals surface area (Å²) < 4.78 is 4.83. The number of nitrogens with zero attached hydrogens (tertiary/aromatic N) is 2. The Labute approximate surface area is 104 Å². The second-order valence-electron chi connectivity index (χ2n) is 3.69. The van der Waals surface area contributed by atoms with Gasteiger partial charge in [-0.2, -0.15) is 0 Å². The maximum absolute atomic E-state index is 11.6. The maximum Gasteiger partial charge on any atom is 0.322 e.